The monoisotopic (exact) mass is 458 g/mol. The van der Waals surface area contributed by atoms with Crippen molar-refractivity contribution < 1.29 is 19.4 Å². The van der Waals surface area contributed by atoms with E-state index in [1.54, 1.807) is 10.9 Å². The minimum atomic E-state index is -0.326. The molecule has 8 nitrogen and oxygen atoms in total. The van der Waals surface area contributed by atoms with Crippen LogP contribution >= 0.6 is 0 Å². The molecule has 0 atom stereocenters. The van der Waals surface area contributed by atoms with E-state index in [1.165, 1.54) is 0 Å². The van der Waals surface area contributed by atoms with E-state index in [1.807, 2.05) is 55.4 Å². The van der Waals surface area contributed by atoms with E-state index in [0.29, 0.717) is 37.2 Å². The highest BCUT2D eigenvalue weighted by molar-refractivity contribution is 5.77. The molecule has 0 aliphatic heterocycles. The smallest absolute Gasteiger partial charge is 0.220 e. The first-order valence-corrected chi connectivity index (χ1v) is 11.9. The van der Waals surface area contributed by atoms with Crippen LogP contribution in [-0.2, 0) is 27.4 Å². The lowest BCUT2D eigenvalue weighted by atomic mass is 10.1. The number of nitrogens with zero attached hydrogens (tertiary/aromatic N) is 3. The fourth-order valence-corrected chi connectivity index (χ4v) is 1.97. The molecule has 32 heavy (non-hydrogen) atoms. The summed E-state index contributed by atoms with van der Waals surface area (Å²) in [7, 11) is 0. The maximum Gasteiger partial charge on any atom is 0.220 e. The van der Waals surface area contributed by atoms with Crippen LogP contribution in [0, 0.1) is 11.8 Å². The number of carbonyl (C=O) groups excluding carboxylic acids is 2. The Morgan fingerprint density at radius 1 is 1.19 bits per heavy atom. The zero-order valence-electron chi connectivity index (χ0n) is 22.3. The summed E-state index contributed by atoms with van der Waals surface area (Å²) in [6.07, 6.45) is 4.00. The summed E-state index contributed by atoms with van der Waals surface area (Å²) in [6, 6.07) is 0. The maximum atomic E-state index is 11.4. The average Bonchev–Trinajstić information content (AvgIpc) is 3.20. The molecule has 0 saturated carbocycles. The van der Waals surface area contributed by atoms with E-state index in [-0.39, 0.29) is 24.3 Å². The number of aromatic nitrogens is 3. The van der Waals surface area contributed by atoms with Crippen LogP contribution in [0.2, 0.25) is 0 Å². The number of aliphatic hydroxyl groups is 1. The topological polar surface area (TPSA) is 106 Å². The van der Waals surface area contributed by atoms with Crippen LogP contribution in [0.5, 0.6) is 0 Å². The van der Waals surface area contributed by atoms with Gasteiger partial charge in [0.15, 0.2) is 0 Å². The Balaban J connectivity index is -0.000000803. The van der Waals surface area contributed by atoms with Gasteiger partial charge in [-0.05, 0) is 32.1 Å². The van der Waals surface area contributed by atoms with Gasteiger partial charge in [0.25, 0.3) is 0 Å². The number of hydrogen-bond donors (Lipinski definition) is 2. The first-order valence-electron chi connectivity index (χ1n) is 11.9. The fourth-order valence-electron chi connectivity index (χ4n) is 1.97. The molecule has 0 aliphatic carbocycles. The van der Waals surface area contributed by atoms with Crippen molar-refractivity contribution in [1.82, 2.24) is 20.3 Å². The Labute approximate surface area is 196 Å². The highest BCUT2D eigenvalue weighted by atomic mass is 16.5. The summed E-state index contributed by atoms with van der Waals surface area (Å²) >= 11 is 0. The number of ether oxygens (including phenoxy) is 1. The van der Waals surface area contributed by atoms with Crippen molar-refractivity contribution in [3.63, 3.8) is 0 Å². The first kappa shape index (κ1) is 34.8. The van der Waals surface area contributed by atoms with Crippen LogP contribution in [0.4, 0.5) is 0 Å². The average molecular weight is 459 g/mol. The molecular weight excluding hydrogens is 408 g/mol. The molecule has 0 saturated heterocycles. The Morgan fingerprint density at radius 2 is 1.75 bits per heavy atom. The molecular formula is C24H50N4O4. The number of aldehydes is 1. The third kappa shape index (κ3) is 22.9. The predicted molar refractivity (Wildman–Crippen MR) is 131 cm³/mol. The summed E-state index contributed by atoms with van der Waals surface area (Å²) in [5.41, 5.74) is 0.356. The Kier molecular flexibility index (Phi) is 24.4. The molecule has 1 aromatic heterocycles. The highest BCUT2D eigenvalue weighted by Crippen LogP contribution is 2.14. The van der Waals surface area contributed by atoms with Crippen molar-refractivity contribution in [1.29, 1.82) is 0 Å². The van der Waals surface area contributed by atoms with Gasteiger partial charge >= 0.3 is 0 Å². The molecule has 0 fully saturated rings. The van der Waals surface area contributed by atoms with Gasteiger partial charge in [0.2, 0.25) is 5.91 Å². The molecule has 1 amide bonds. The van der Waals surface area contributed by atoms with E-state index in [9.17, 15) is 9.59 Å². The van der Waals surface area contributed by atoms with E-state index in [0.717, 1.165) is 19.3 Å². The lowest BCUT2D eigenvalue weighted by Crippen LogP contribution is -2.31. The van der Waals surface area contributed by atoms with Crippen molar-refractivity contribution in [2.24, 2.45) is 11.8 Å². The second-order valence-electron chi connectivity index (χ2n) is 8.26. The number of nitrogens with one attached hydrogen (secondary N) is 1. The van der Waals surface area contributed by atoms with Gasteiger partial charge in [-0.25, -0.2) is 4.68 Å². The lowest BCUT2D eigenvalue weighted by molar-refractivity contribution is -0.122. The van der Waals surface area contributed by atoms with Gasteiger partial charge in [-0.1, -0.05) is 60.6 Å². The number of hydrogen-bond acceptors (Lipinski definition) is 6. The molecule has 190 valence electrons. The zero-order valence-corrected chi connectivity index (χ0v) is 22.3. The van der Waals surface area contributed by atoms with E-state index >= 15 is 0 Å². The second kappa shape index (κ2) is 22.4. The standard InChI is InChI=1S/C16H28N4O3.C4H10O.2C2H6/c1-13(2)7-9-23-16(3,4)12-20-11-14(18-19-20)10-17-15(22)6-5-8-21;1-4(2)3-5;2*1-2/h8,11,13H,5-7,9-10,12H2,1-4H3,(H,17,22);4-5H,3H2,1-2H3;2*1-2H3. The van der Waals surface area contributed by atoms with Crippen LogP contribution in [-0.4, -0.2) is 51.1 Å². The molecule has 0 radical (unpaired) electrons. The molecule has 2 N–H and O–H groups in total. The van der Waals surface area contributed by atoms with Crippen molar-refractivity contribution >= 4 is 12.2 Å². The second-order valence-corrected chi connectivity index (χ2v) is 8.26. The first-order chi connectivity index (χ1) is 15.1. The van der Waals surface area contributed by atoms with Gasteiger partial charge in [0, 0.05) is 26.1 Å². The molecule has 0 unspecified atom stereocenters. The molecule has 1 rings (SSSR count). The zero-order chi connectivity index (χ0) is 25.6. The third-order valence-electron chi connectivity index (χ3n) is 3.64. The number of amides is 1. The number of aliphatic hydroxyl groups excluding tert-OH is 1. The van der Waals surface area contributed by atoms with Crippen LogP contribution < -0.4 is 5.32 Å². The molecule has 0 aliphatic rings. The van der Waals surface area contributed by atoms with Crippen molar-refractivity contribution in [2.75, 3.05) is 13.2 Å². The summed E-state index contributed by atoms with van der Waals surface area (Å²) in [5, 5.41) is 19.0. The van der Waals surface area contributed by atoms with E-state index in [2.05, 4.69) is 29.5 Å². The minimum Gasteiger partial charge on any atom is -0.396 e. The lowest BCUT2D eigenvalue weighted by Gasteiger charge is -2.25. The summed E-state index contributed by atoms with van der Waals surface area (Å²) in [4.78, 5) is 21.7. The van der Waals surface area contributed by atoms with Crippen LogP contribution in [0.25, 0.3) is 0 Å². The minimum absolute atomic E-state index is 0.163. The Hall–Kier alpha value is -1.80. The number of carbonyl (C=O) groups is 2. The van der Waals surface area contributed by atoms with Crippen LogP contribution in [0.3, 0.4) is 0 Å². The molecule has 8 heteroatoms. The van der Waals surface area contributed by atoms with Gasteiger partial charge < -0.3 is 20.0 Å². The predicted octanol–water partition coefficient (Wildman–Crippen LogP) is 4.40. The largest absolute Gasteiger partial charge is 0.396 e. The van der Waals surface area contributed by atoms with Crippen molar-refractivity contribution in [3.8, 4) is 0 Å². The van der Waals surface area contributed by atoms with Crippen molar-refractivity contribution in [2.45, 2.75) is 107 Å². The van der Waals surface area contributed by atoms with Gasteiger partial charge in [-0.15, -0.1) is 5.10 Å². The fraction of sp³-hybridized carbons (Fsp3) is 0.833. The van der Waals surface area contributed by atoms with Crippen LogP contribution in [0.15, 0.2) is 6.20 Å². The van der Waals surface area contributed by atoms with Gasteiger partial charge in [0.05, 0.1) is 24.9 Å². The van der Waals surface area contributed by atoms with E-state index in [4.69, 9.17) is 9.84 Å². The van der Waals surface area contributed by atoms with E-state index < -0.39 is 0 Å². The van der Waals surface area contributed by atoms with Gasteiger partial charge in [-0.2, -0.15) is 0 Å². The SMILES string of the molecule is CC.CC.CC(C)CCOC(C)(C)Cn1cc(CNC(=O)CCC=O)nn1.CC(C)CO. The highest BCUT2D eigenvalue weighted by Gasteiger charge is 2.20. The molecule has 1 heterocycles. The molecule has 0 spiro atoms. The molecule has 0 bridgehead atoms. The number of rotatable bonds is 12. The molecule has 0 aromatic carbocycles. The van der Waals surface area contributed by atoms with Crippen LogP contribution in [0.1, 0.15) is 94.2 Å². The maximum absolute atomic E-state index is 11.4. The third-order valence-corrected chi connectivity index (χ3v) is 3.64. The quantitative estimate of drug-likeness (QED) is 0.450. The van der Waals surface area contributed by atoms with Gasteiger partial charge in [0.1, 0.15) is 12.0 Å². The molecule has 1 aromatic rings. The Morgan fingerprint density at radius 3 is 2.22 bits per heavy atom. The Bertz CT molecular complexity index is 558. The summed E-state index contributed by atoms with van der Waals surface area (Å²) in [5.74, 6) is 0.894. The summed E-state index contributed by atoms with van der Waals surface area (Å²) in [6.45, 7) is 22.3. The summed E-state index contributed by atoms with van der Waals surface area (Å²) < 4.78 is 7.63. The van der Waals surface area contributed by atoms with Crippen molar-refractivity contribution in [3.05, 3.63) is 11.9 Å². The van der Waals surface area contributed by atoms with Gasteiger partial charge in [-0.3, -0.25) is 4.79 Å². The normalized spacial score (nSPS) is 10.3.